The maximum absolute atomic E-state index is 13.1. The van der Waals surface area contributed by atoms with Crippen molar-refractivity contribution >= 4 is 17.8 Å². The van der Waals surface area contributed by atoms with Crippen molar-refractivity contribution in [2.24, 2.45) is 0 Å². The summed E-state index contributed by atoms with van der Waals surface area (Å²) in [5, 5.41) is 8.51. The molecule has 8 nitrogen and oxygen atoms in total. The largest absolute Gasteiger partial charge is 0.464 e. The Balaban J connectivity index is 2.10. The van der Waals surface area contributed by atoms with Crippen molar-refractivity contribution in [3.05, 3.63) is 47.8 Å². The smallest absolute Gasteiger partial charge is 0.433 e. The summed E-state index contributed by atoms with van der Waals surface area (Å²) in [5.41, 5.74) is -0.914. The highest BCUT2D eigenvalue weighted by atomic mass is 19.4. The molecule has 1 heterocycles. The Morgan fingerprint density at radius 3 is 2.47 bits per heavy atom. The first kappa shape index (κ1) is 22.9. The minimum atomic E-state index is -4.61. The molecule has 1 aromatic carbocycles. The second kappa shape index (κ2) is 9.42. The lowest BCUT2D eigenvalue weighted by Crippen LogP contribution is -2.49. The minimum absolute atomic E-state index is 0.0352. The number of amides is 2. The molecule has 2 unspecified atom stereocenters. The first-order valence-corrected chi connectivity index (χ1v) is 9.04. The lowest BCUT2D eigenvalue weighted by molar-refractivity contribution is -0.147. The zero-order valence-corrected chi connectivity index (χ0v) is 16.5. The highest BCUT2D eigenvalue weighted by molar-refractivity contribution is 5.98. The van der Waals surface area contributed by atoms with Crippen molar-refractivity contribution in [2.45, 2.75) is 39.0 Å². The van der Waals surface area contributed by atoms with Crippen molar-refractivity contribution in [1.29, 1.82) is 0 Å². The van der Waals surface area contributed by atoms with Gasteiger partial charge in [-0.2, -0.15) is 18.3 Å². The van der Waals surface area contributed by atoms with E-state index in [4.69, 9.17) is 4.74 Å². The Morgan fingerprint density at radius 2 is 1.83 bits per heavy atom. The number of hydrogen-bond donors (Lipinski definition) is 2. The lowest BCUT2D eigenvalue weighted by Gasteiger charge is -2.18. The Kier molecular flexibility index (Phi) is 7.19. The number of alkyl halides is 3. The van der Waals surface area contributed by atoms with Crippen LogP contribution in [-0.2, 0) is 20.5 Å². The summed E-state index contributed by atoms with van der Waals surface area (Å²) < 4.78 is 44.7. The molecule has 30 heavy (non-hydrogen) atoms. The predicted octanol–water partition coefficient (Wildman–Crippen LogP) is 2.08. The summed E-state index contributed by atoms with van der Waals surface area (Å²) in [6.07, 6.45) is -3.61. The summed E-state index contributed by atoms with van der Waals surface area (Å²) in [6, 6.07) is 4.30. The van der Waals surface area contributed by atoms with Gasteiger partial charge in [0.15, 0.2) is 0 Å². The molecule has 0 bridgehead atoms. The van der Waals surface area contributed by atoms with Crippen molar-refractivity contribution in [1.82, 2.24) is 20.4 Å². The number of nitrogens with one attached hydrogen (secondary N) is 2. The standard InChI is InChI=1S/C19H21F3N4O4/c1-4-30-18(29)12(3)25-16(27)11(2)24-17(28)13-6-5-7-14(10-13)26-15(8-9-23-26)19(20,21)22/h5-12H,4H2,1-3H3,(H,24,28)(H,25,27). The molecule has 11 heteroatoms. The van der Waals surface area contributed by atoms with E-state index in [9.17, 15) is 27.6 Å². The summed E-state index contributed by atoms with van der Waals surface area (Å²) in [5.74, 6) is -1.91. The van der Waals surface area contributed by atoms with Crippen LogP contribution in [0.25, 0.3) is 5.69 Å². The number of halogens is 3. The first-order chi connectivity index (χ1) is 14.0. The van der Waals surface area contributed by atoms with Gasteiger partial charge in [-0.1, -0.05) is 6.07 Å². The summed E-state index contributed by atoms with van der Waals surface area (Å²) in [4.78, 5) is 36.2. The quantitative estimate of drug-likeness (QED) is 0.660. The molecule has 2 rings (SSSR count). The third-order valence-corrected chi connectivity index (χ3v) is 4.03. The van der Waals surface area contributed by atoms with Crippen molar-refractivity contribution < 1.29 is 32.3 Å². The fourth-order valence-corrected chi connectivity index (χ4v) is 2.51. The first-order valence-electron chi connectivity index (χ1n) is 9.04. The Labute approximate surface area is 170 Å². The van der Waals surface area contributed by atoms with E-state index in [-0.39, 0.29) is 17.9 Å². The van der Waals surface area contributed by atoms with Gasteiger partial charge in [0.05, 0.1) is 18.5 Å². The summed E-state index contributed by atoms with van der Waals surface area (Å²) in [7, 11) is 0. The normalized spacial score (nSPS) is 13.3. The van der Waals surface area contributed by atoms with Gasteiger partial charge < -0.3 is 15.4 Å². The number of aromatic nitrogens is 2. The monoisotopic (exact) mass is 426 g/mol. The second-order valence-corrected chi connectivity index (χ2v) is 6.35. The number of rotatable bonds is 7. The molecule has 0 aliphatic heterocycles. The van der Waals surface area contributed by atoms with Gasteiger partial charge in [-0.3, -0.25) is 9.59 Å². The van der Waals surface area contributed by atoms with Gasteiger partial charge in [-0.25, -0.2) is 9.48 Å². The van der Waals surface area contributed by atoms with Crippen LogP contribution in [0, 0.1) is 0 Å². The van der Waals surface area contributed by atoms with E-state index >= 15 is 0 Å². The third kappa shape index (κ3) is 5.58. The van der Waals surface area contributed by atoms with Crippen molar-refractivity contribution in [3.63, 3.8) is 0 Å². The number of hydrogen-bond acceptors (Lipinski definition) is 5. The third-order valence-electron chi connectivity index (χ3n) is 4.03. The highest BCUT2D eigenvalue weighted by Gasteiger charge is 2.35. The molecule has 2 aromatic rings. The molecular formula is C19H21F3N4O4. The fourth-order valence-electron chi connectivity index (χ4n) is 2.51. The number of nitrogens with zero attached hydrogens (tertiary/aromatic N) is 2. The van der Waals surface area contributed by atoms with Gasteiger partial charge in [-0.05, 0) is 45.0 Å². The van der Waals surface area contributed by atoms with Crippen LogP contribution in [0.5, 0.6) is 0 Å². The van der Waals surface area contributed by atoms with Crippen LogP contribution in [0.1, 0.15) is 36.8 Å². The molecule has 1 aromatic heterocycles. The fraction of sp³-hybridized carbons (Fsp3) is 0.368. The zero-order valence-electron chi connectivity index (χ0n) is 16.5. The van der Waals surface area contributed by atoms with Gasteiger partial charge in [-0.15, -0.1) is 0 Å². The summed E-state index contributed by atoms with van der Waals surface area (Å²) >= 11 is 0. The van der Waals surface area contributed by atoms with Crippen LogP contribution < -0.4 is 10.6 Å². The van der Waals surface area contributed by atoms with E-state index in [0.29, 0.717) is 4.68 Å². The molecule has 2 atom stereocenters. The van der Waals surface area contributed by atoms with Gasteiger partial charge in [0.2, 0.25) is 5.91 Å². The number of ether oxygens (including phenoxy) is 1. The van der Waals surface area contributed by atoms with E-state index in [1.807, 2.05) is 0 Å². The molecule has 0 fully saturated rings. The van der Waals surface area contributed by atoms with Crippen LogP contribution in [-0.4, -0.2) is 46.3 Å². The van der Waals surface area contributed by atoms with E-state index < -0.39 is 41.7 Å². The number of carbonyl (C=O) groups excluding carboxylic acids is 3. The van der Waals surface area contributed by atoms with Crippen LogP contribution in [0.4, 0.5) is 13.2 Å². The number of benzene rings is 1. The molecule has 0 aliphatic rings. The van der Waals surface area contributed by atoms with Gasteiger partial charge in [0, 0.05) is 5.56 Å². The summed E-state index contributed by atoms with van der Waals surface area (Å²) in [6.45, 7) is 4.64. The molecule has 0 aliphatic carbocycles. The molecular weight excluding hydrogens is 405 g/mol. The molecule has 0 saturated carbocycles. The van der Waals surface area contributed by atoms with Crippen molar-refractivity contribution in [3.8, 4) is 5.69 Å². The molecule has 0 radical (unpaired) electrons. The van der Waals surface area contributed by atoms with E-state index in [0.717, 1.165) is 12.3 Å². The van der Waals surface area contributed by atoms with Crippen LogP contribution in [0.2, 0.25) is 0 Å². The van der Waals surface area contributed by atoms with Gasteiger partial charge in [0.1, 0.15) is 17.8 Å². The minimum Gasteiger partial charge on any atom is -0.464 e. The van der Waals surface area contributed by atoms with Crippen LogP contribution in [0.3, 0.4) is 0 Å². The predicted molar refractivity (Wildman–Crippen MR) is 99.7 cm³/mol. The highest BCUT2D eigenvalue weighted by Crippen LogP contribution is 2.30. The van der Waals surface area contributed by atoms with Gasteiger partial charge >= 0.3 is 12.1 Å². The lowest BCUT2D eigenvalue weighted by atomic mass is 10.1. The Bertz CT molecular complexity index is 926. The number of carbonyl (C=O) groups is 3. The molecule has 2 amide bonds. The van der Waals surface area contributed by atoms with E-state index in [1.54, 1.807) is 6.92 Å². The SMILES string of the molecule is CCOC(=O)C(C)NC(=O)C(C)NC(=O)c1cccc(-n2nccc2C(F)(F)F)c1. The maximum Gasteiger partial charge on any atom is 0.433 e. The molecule has 0 saturated heterocycles. The van der Waals surface area contributed by atoms with Crippen molar-refractivity contribution in [2.75, 3.05) is 6.61 Å². The average Bonchev–Trinajstić information content (AvgIpc) is 3.18. The van der Waals surface area contributed by atoms with Crippen LogP contribution >= 0.6 is 0 Å². The Hall–Kier alpha value is -3.37. The maximum atomic E-state index is 13.1. The number of esters is 1. The van der Waals surface area contributed by atoms with Crippen LogP contribution in [0.15, 0.2) is 36.5 Å². The Morgan fingerprint density at radius 1 is 1.13 bits per heavy atom. The molecule has 2 N–H and O–H groups in total. The second-order valence-electron chi connectivity index (χ2n) is 6.35. The average molecular weight is 426 g/mol. The molecule has 0 spiro atoms. The van der Waals surface area contributed by atoms with Gasteiger partial charge in [0.25, 0.3) is 5.91 Å². The molecule has 162 valence electrons. The zero-order chi connectivity index (χ0) is 22.5. The van der Waals surface area contributed by atoms with E-state index in [2.05, 4.69) is 15.7 Å². The van der Waals surface area contributed by atoms with E-state index in [1.165, 1.54) is 38.1 Å². The topological polar surface area (TPSA) is 102 Å².